The number of hydrogen-bond donors (Lipinski definition) is 4. The van der Waals surface area contributed by atoms with Gasteiger partial charge in [-0.3, -0.25) is 33.6 Å². The molecule has 4 fully saturated rings. The quantitative estimate of drug-likeness (QED) is 0.0620. The van der Waals surface area contributed by atoms with Gasteiger partial charge in [-0.1, -0.05) is 32.0 Å². The molecular weight excluding hydrogens is 1640 g/mol. The molecule has 0 spiro atoms. The molecule has 30 heteroatoms. The fraction of sp³-hybridized carbons (Fsp3) is 0.384. The van der Waals surface area contributed by atoms with Crippen LogP contribution in [0.15, 0.2) is 140 Å². The minimum absolute atomic E-state index is 0.0409. The van der Waals surface area contributed by atoms with E-state index in [4.69, 9.17) is 29.2 Å². The Kier molecular flexibility index (Phi) is 30.0. The lowest BCUT2D eigenvalue weighted by Gasteiger charge is -2.33. The minimum Gasteiger partial charge on any atom is -0.453 e. The maximum atomic E-state index is 15.1. The molecule has 8 amide bonds. The van der Waals surface area contributed by atoms with Gasteiger partial charge in [0, 0.05) is 177 Å². The lowest BCUT2D eigenvalue weighted by molar-refractivity contribution is -0.139. The average Bonchev–Trinajstić information content (AvgIpc) is 1.65. The highest BCUT2D eigenvalue weighted by atomic mass is 19.1. The topological polar surface area (TPSA) is 318 Å². The molecule has 0 bridgehead atoms. The van der Waals surface area contributed by atoms with Crippen LogP contribution in [0.3, 0.4) is 0 Å². The number of imidazole rings is 4. The van der Waals surface area contributed by atoms with Crippen LogP contribution in [0, 0.1) is 76.3 Å². The molecule has 4 aromatic carbocycles. The van der Waals surface area contributed by atoms with Crippen LogP contribution >= 0.6 is 0 Å². The average molecular weight is 1760 g/mol. The minimum atomic E-state index is -0.873. The first-order valence-corrected chi connectivity index (χ1v) is 44.0. The molecule has 0 saturated carbocycles. The van der Waals surface area contributed by atoms with Gasteiger partial charge in [-0.05, 0) is 222 Å². The first kappa shape index (κ1) is 93.1. The zero-order chi connectivity index (χ0) is 92.2. The van der Waals surface area contributed by atoms with E-state index in [0.29, 0.717) is 123 Å². The summed E-state index contributed by atoms with van der Waals surface area (Å²) in [5.41, 5.74) is 20.9. The molecule has 2 unspecified atom stereocenters. The van der Waals surface area contributed by atoms with Crippen molar-refractivity contribution in [2.24, 2.45) is 11.8 Å². The number of pyridine rings is 4. The van der Waals surface area contributed by atoms with Crippen molar-refractivity contribution in [1.82, 2.24) is 78.4 Å². The molecule has 16 rings (SSSR count). The van der Waals surface area contributed by atoms with Crippen LogP contribution in [-0.4, -0.2) is 218 Å². The van der Waals surface area contributed by atoms with E-state index in [1.54, 1.807) is 60.5 Å². The number of nitriles is 1. The Morgan fingerprint density at radius 3 is 1.17 bits per heavy atom. The Morgan fingerprint density at radius 1 is 0.442 bits per heavy atom. The smallest absolute Gasteiger partial charge is 0.409 e. The summed E-state index contributed by atoms with van der Waals surface area (Å²) in [6.45, 7) is 23.4. The number of nitrogens with zero attached hydrogens (tertiary/aromatic N) is 13. The van der Waals surface area contributed by atoms with E-state index >= 15 is 8.78 Å². The molecule has 12 heterocycles. The van der Waals surface area contributed by atoms with Crippen molar-refractivity contribution in [3.63, 3.8) is 0 Å². The number of aryl methyl sites for hydroxylation is 6. The molecule has 4 N–H and O–H groups in total. The number of benzene rings is 4. The first-order chi connectivity index (χ1) is 62.0. The standard InChI is InChI=1S/C25H27N5O3.C25H30N4O3.C25H30N4O2.C24H26F2N4O3/c1-4-23(31)29-9-10-33-19(15-29)13-21-24(28-22-12-17(14-26)7-8-30(21)22)20-6-5-18(11-16(20)2)25(32)27-3;1-16-9-11-29-21(14-18-6-5-10-28(15-18)25(31)32-4)23(27-22(29)12-16)20-8-7-19(13-17(20)2)24(30)26-3;1-16-9-11-29-22(14-19-6-5-10-28(15-19)18(3)30)24(27-23(29)12-16)21-8-7-20(13-17(21)2)25(31)26-4;1-4-21(31)29-7-8-33-16(13-29)12-19-23(28-20-9-14(2)5-6-30(19)20)22-17(25)10-15(11-18(22)26)24(32)27-3/h5-8,11-12,19H,4,9-10,13,15H2,1-3H3,(H,27,32);7-9,11-13,18H,5-6,10,14-15H2,1-4H3,(H,26,30);7-9,11-13,19H,5-6,10,14-15H2,1-4H3,(H,26,31);5-6,9-11,16H,4,7-8,12-13H2,1-3H3,(H,27,32)/t19-;;;16-/m0..1/s1. The van der Waals surface area contributed by atoms with Crippen LogP contribution in [-0.2, 0) is 54.3 Å². The van der Waals surface area contributed by atoms with E-state index in [-0.39, 0.29) is 70.6 Å². The summed E-state index contributed by atoms with van der Waals surface area (Å²) in [7, 11) is 7.71. The number of methoxy groups -OCH3 is 1. The molecule has 4 atom stereocenters. The second-order valence-corrected chi connectivity index (χ2v) is 33.5. The molecule has 8 aromatic heterocycles. The van der Waals surface area contributed by atoms with Crippen molar-refractivity contribution in [2.45, 2.75) is 139 Å². The number of rotatable bonds is 18. The molecule has 4 saturated heterocycles. The maximum Gasteiger partial charge on any atom is 0.409 e. The lowest BCUT2D eigenvalue weighted by atomic mass is 9.91. The largest absolute Gasteiger partial charge is 0.453 e. The zero-order valence-electron chi connectivity index (χ0n) is 75.8. The van der Waals surface area contributed by atoms with Crippen LogP contribution in [0.2, 0.25) is 0 Å². The van der Waals surface area contributed by atoms with Crippen LogP contribution in [0.5, 0.6) is 0 Å². The number of carbonyl (C=O) groups excluding carboxylic acids is 8. The van der Waals surface area contributed by atoms with Crippen LogP contribution in [0.4, 0.5) is 13.6 Å². The van der Waals surface area contributed by atoms with Crippen molar-refractivity contribution in [3.05, 3.63) is 236 Å². The second kappa shape index (κ2) is 41.5. The van der Waals surface area contributed by atoms with Crippen molar-refractivity contribution in [3.8, 4) is 51.1 Å². The van der Waals surface area contributed by atoms with Gasteiger partial charge in [0.25, 0.3) is 23.6 Å². The van der Waals surface area contributed by atoms with E-state index in [2.05, 4.69) is 91.6 Å². The number of ether oxygens (including phenoxy) is 3. The number of aromatic nitrogens is 8. The monoisotopic (exact) mass is 1750 g/mol. The molecule has 4 aliphatic rings. The number of amides is 8. The molecule has 674 valence electrons. The highest BCUT2D eigenvalue weighted by Crippen LogP contribution is 2.38. The number of nitrogens with one attached hydrogen (secondary N) is 4. The number of carbonyl (C=O) groups is 8. The van der Waals surface area contributed by atoms with E-state index in [1.807, 2.05) is 129 Å². The van der Waals surface area contributed by atoms with Gasteiger partial charge in [-0.15, -0.1) is 0 Å². The predicted octanol–water partition coefficient (Wildman–Crippen LogP) is 13.6. The van der Waals surface area contributed by atoms with Crippen LogP contribution in [0.1, 0.15) is 162 Å². The summed E-state index contributed by atoms with van der Waals surface area (Å²) in [6, 6.07) is 36.9. The van der Waals surface area contributed by atoms with Gasteiger partial charge >= 0.3 is 6.09 Å². The maximum absolute atomic E-state index is 15.1. The van der Waals surface area contributed by atoms with Crippen LogP contribution in [0.25, 0.3) is 67.6 Å². The second-order valence-electron chi connectivity index (χ2n) is 33.5. The van der Waals surface area contributed by atoms with Crippen LogP contribution < -0.4 is 21.3 Å². The molecule has 0 radical (unpaired) electrons. The predicted molar refractivity (Wildman–Crippen MR) is 489 cm³/mol. The number of likely N-dealkylation sites (tertiary alicyclic amines) is 2. The number of halogens is 2. The normalized spacial score (nSPS) is 16.2. The van der Waals surface area contributed by atoms with E-state index in [1.165, 1.54) is 25.4 Å². The van der Waals surface area contributed by atoms with Gasteiger partial charge < -0.3 is 72.7 Å². The van der Waals surface area contributed by atoms with E-state index < -0.39 is 17.5 Å². The highest BCUT2D eigenvalue weighted by Gasteiger charge is 2.34. The molecular formula is C99H113F2N17O11. The summed E-state index contributed by atoms with van der Waals surface area (Å²) in [5.74, 6) is -1.61. The third kappa shape index (κ3) is 21.2. The Morgan fingerprint density at radius 2 is 0.798 bits per heavy atom. The van der Waals surface area contributed by atoms with Gasteiger partial charge in [0.1, 0.15) is 34.2 Å². The number of morpholine rings is 2. The number of piperidine rings is 2. The van der Waals surface area contributed by atoms with Crippen molar-refractivity contribution in [2.75, 3.05) is 101 Å². The molecule has 28 nitrogen and oxygen atoms in total. The van der Waals surface area contributed by atoms with Crippen molar-refractivity contribution < 1.29 is 61.3 Å². The summed E-state index contributed by atoms with van der Waals surface area (Å²) in [5, 5.41) is 19.7. The van der Waals surface area contributed by atoms with Gasteiger partial charge in [-0.25, -0.2) is 33.5 Å². The fourth-order valence-corrected chi connectivity index (χ4v) is 17.7. The van der Waals surface area contributed by atoms with Gasteiger partial charge in [0.15, 0.2) is 0 Å². The van der Waals surface area contributed by atoms with Crippen molar-refractivity contribution in [1.29, 1.82) is 5.26 Å². The third-order valence-electron chi connectivity index (χ3n) is 24.5. The number of hydrogen-bond acceptors (Lipinski definition) is 16. The Hall–Kier alpha value is -13.5. The summed E-state index contributed by atoms with van der Waals surface area (Å²) >= 11 is 0. The van der Waals surface area contributed by atoms with E-state index in [0.717, 1.165) is 155 Å². The molecule has 0 aliphatic carbocycles. The Bertz CT molecular complexity index is 6280. The molecule has 129 heavy (non-hydrogen) atoms. The Labute approximate surface area is 749 Å². The summed E-state index contributed by atoms with van der Waals surface area (Å²) < 4.78 is 55.2. The molecule has 4 aliphatic heterocycles. The van der Waals surface area contributed by atoms with E-state index in [9.17, 15) is 43.6 Å². The Balaban J connectivity index is 0.000000147. The van der Waals surface area contributed by atoms with Gasteiger partial charge in [0.05, 0.1) is 95.3 Å². The van der Waals surface area contributed by atoms with Gasteiger partial charge in [0.2, 0.25) is 17.7 Å². The summed E-state index contributed by atoms with van der Waals surface area (Å²) in [6.07, 6.45) is 14.7. The zero-order valence-corrected chi connectivity index (χ0v) is 75.8. The SMILES string of the molecule is CCC(=O)N1CCO[C@@H](Cc2c(-c3ccc(C(=O)NC)cc3C)nc3cc(C#N)ccn23)C1.CCC(=O)N1CCO[C@H](Cc2c(-c3c(F)cc(C(=O)NC)cc3F)nc3cc(C)ccn23)C1.CNC(=O)c1ccc(-c2nc3cc(C)ccn3c2CC2CCCN(C(=O)OC)C2)c(C)c1.CNC(=O)c1ccc(-c2nc3cc(C)ccn3c2CC2CCCN(C(C)=O)C2)c(C)c1. The first-order valence-electron chi connectivity index (χ1n) is 44.0. The van der Waals surface area contributed by atoms with Crippen molar-refractivity contribution >= 4 is 70.0 Å². The third-order valence-corrected chi connectivity index (χ3v) is 24.5. The van der Waals surface area contributed by atoms with Gasteiger partial charge in [-0.2, -0.15) is 5.26 Å². The lowest BCUT2D eigenvalue weighted by Crippen LogP contribution is -2.46. The fourth-order valence-electron chi connectivity index (χ4n) is 17.7. The molecule has 12 aromatic rings. The summed E-state index contributed by atoms with van der Waals surface area (Å²) in [4.78, 5) is 123. The highest BCUT2D eigenvalue weighted by molar-refractivity contribution is 5.97. The number of fused-ring (bicyclic) bond motifs is 4.